The molecule has 1 saturated heterocycles. The third-order valence-corrected chi connectivity index (χ3v) is 6.96. The number of methoxy groups -OCH3 is 1. The molecule has 1 unspecified atom stereocenters. The number of nitrogens with zero attached hydrogens (tertiary/aromatic N) is 2. The minimum absolute atomic E-state index is 0.103. The molecule has 8 nitrogen and oxygen atoms in total. The molecule has 0 spiro atoms. The molecule has 30 heavy (non-hydrogen) atoms. The van der Waals surface area contributed by atoms with Crippen LogP contribution in [0.4, 0.5) is 0 Å². The Morgan fingerprint density at radius 3 is 2.60 bits per heavy atom. The molecule has 1 aliphatic rings. The van der Waals surface area contributed by atoms with Gasteiger partial charge in [-0.1, -0.05) is 13.0 Å². The van der Waals surface area contributed by atoms with E-state index in [9.17, 15) is 8.42 Å². The molecular weight excluding hydrogens is 404 g/mol. The van der Waals surface area contributed by atoms with E-state index in [1.54, 1.807) is 11.4 Å². The van der Waals surface area contributed by atoms with Gasteiger partial charge < -0.3 is 20.1 Å². The lowest BCUT2D eigenvalue weighted by molar-refractivity contribution is 0.229. The van der Waals surface area contributed by atoms with Crippen molar-refractivity contribution in [1.29, 1.82) is 0 Å². The van der Waals surface area contributed by atoms with Gasteiger partial charge >= 0.3 is 0 Å². The maximum Gasteiger partial charge on any atom is 0.214 e. The number of aliphatic imine (C=N–C) groups is 1. The van der Waals surface area contributed by atoms with Crippen molar-refractivity contribution in [3.05, 3.63) is 24.3 Å². The van der Waals surface area contributed by atoms with Gasteiger partial charge in [0.15, 0.2) is 5.96 Å². The highest BCUT2D eigenvalue weighted by molar-refractivity contribution is 7.89. The van der Waals surface area contributed by atoms with Gasteiger partial charge in [0.1, 0.15) is 17.6 Å². The van der Waals surface area contributed by atoms with Crippen molar-refractivity contribution in [3.8, 4) is 11.5 Å². The minimum atomic E-state index is -3.12. The quantitative estimate of drug-likeness (QED) is 0.428. The van der Waals surface area contributed by atoms with Gasteiger partial charge in [-0.25, -0.2) is 17.7 Å². The van der Waals surface area contributed by atoms with Crippen LogP contribution in [0.15, 0.2) is 29.3 Å². The Bertz CT molecular complexity index is 777. The lowest BCUT2D eigenvalue weighted by atomic mass is 10.1. The summed E-state index contributed by atoms with van der Waals surface area (Å²) in [5, 5.41) is 6.70. The molecule has 0 aliphatic carbocycles. The van der Waals surface area contributed by atoms with Crippen LogP contribution in [0, 0.1) is 0 Å². The van der Waals surface area contributed by atoms with Crippen molar-refractivity contribution < 1.29 is 17.9 Å². The Balaban J connectivity index is 1.87. The fraction of sp³-hybridized carbons (Fsp3) is 0.667. The zero-order chi connectivity index (χ0) is 22.0. The molecule has 2 rings (SSSR count). The van der Waals surface area contributed by atoms with Crippen molar-refractivity contribution >= 4 is 16.0 Å². The first-order chi connectivity index (χ1) is 14.4. The summed E-state index contributed by atoms with van der Waals surface area (Å²) in [7, 11) is -1.49. The Morgan fingerprint density at radius 1 is 1.27 bits per heavy atom. The number of guanidine groups is 1. The number of benzene rings is 1. The summed E-state index contributed by atoms with van der Waals surface area (Å²) in [6.45, 7) is 8.24. The summed E-state index contributed by atoms with van der Waals surface area (Å²) in [5.41, 5.74) is 0. The third kappa shape index (κ3) is 7.68. The number of hydrogen-bond donors (Lipinski definition) is 2. The second-order valence-electron chi connectivity index (χ2n) is 7.46. The predicted octanol–water partition coefficient (Wildman–Crippen LogP) is 2.22. The largest absolute Gasteiger partial charge is 0.497 e. The summed E-state index contributed by atoms with van der Waals surface area (Å²) < 4.78 is 37.2. The van der Waals surface area contributed by atoms with Crippen LogP contribution in [0.1, 0.15) is 40.0 Å². The molecule has 0 saturated carbocycles. The molecule has 1 heterocycles. The molecule has 1 aromatic rings. The molecule has 2 N–H and O–H groups in total. The molecule has 0 amide bonds. The molecule has 0 radical (unpaired) electrons. The molecule has 1 atom stereocenters. The van der Waals surface area contributed by atoms with Crippen molar-refractivity contribution in [3.63, 3.8) is 0 Å². The molecule has 1 fully saturated rings. The molecule has 1 aliphatic heterocycles. The zero-order valence-corrected chi connectivity index (χ0v) is 19.4. The van der Waals surface area contributed by atoms with Gasteiger partial charge in [0.25, 0.3) is 0 Å². The van der Waals surface area contributed by atoms with Gasteiger partial charge in [-0.15, -0.1) is 0 Å². The van der Waals surface area contributed by atoms with Crippen LogP contribution in [0.2, 0.25) is 0 Å². The standard InChI is InChI=1S/C21H36N4O4S/c1-5-14-30(26,27)25-12-10-18(11-13-25)24-21(22-6-2)23-16-17(3)29-20-9-7-8-19(15-20)28-4/h7-9,15,17-18H,5-6,10-14,16H2,1-4H3,(H2,22,23,24). The van der Waals surface area contributed by atoms with Gasteiger partial charge in [0, 0.05) is 31.7 Å². The first kappa shape index (κ1) is 24.3. The van der Waals surface area contributed by atoms with E-state index in [-0.39, 0.29) is 17.9 Å². The summed E-state index contributed by atoms with van der Waals surface area (Å²) in [6.07, 6.45) is 2.08. The Labute approximate surface area is 181 Å². The fourth-order valence-electron chi connectivity index (χ4n) is 3.34. The first-order valence-corrected chi connectivity index (χ1v) is 12.3. The lowest BCUT2D eigenvalue weighted by Crippen LogP contribution is -2.50. The Kier molecular flexibility index (Phi) is 9.71. The van der Waals surface area contributed by atoms with Gasteiger partial charge in [0.05, 0.1) is 19.4 Å². The van der Waals surface area contributed by atoms with Crippen molar-refractivity contribution in [2.75, 3.05) is 39.0 Å². The highest BCUT2D eigenvalue weighted by atomic mass is 32.2. The topological polar surface area (TPSA) is 92.3 Å². The highest BCUT2D eigenvalue weighted by Crippen LogP contribution is 2.20. The van der Waals surface area contributed by atoms with Crippen LogP contribution in [-0.2, 0) is 10.0 Å². The van der Waals surface area contributed by atoms with E-state index >= 15 is 0 Å². The maximum atomic E-state index is 12.2. The van der Waals surface area contributed by atoms with Crippen LogP contribution in [0.25, 0.3) is 0 Å². The summed E-state index contributed by atoms with van der Waals surface area (Å²) in [6, 6.07) is 7.71. The minimum Gasteiger partial charge on any atom is -0.497 e. The monoisotopic (exact) mass is 440 g/mol. The van der Waals surface area contributed by atoms with E-state index in [0.29, 0.717) is 26.1 Å². The van der Waals surface area contributed by atoms with Gasteiger partial charge in [0.2, 0.25) is 10.0 Å². The average molecular weight is 441 g/mol. The van der Waals surface area contributed by atoms with Crippen molar-refractivity contribution in [2.24, 2.45) is 4.99 Å². The van der Waals surface area contributed by atoms with Crippen LogP contribution < -0.4 is 20.1 Å². The molecule has 0 bridgehead atoms. The Hall–Kier alpha value is -2.00. The normalized spacial score (nSPS) is 17.4. The summed E-state index contributed by atoms with van der Waals surface area (Å²) in [4.78, 5) is 4.65. The number of hydrogen-bond acceptors (Lipinski definition) is 5. The lowest BCUT2D eigenvalue weighted by Gasteiger charge is -2.32. The molecular formula is C21H36N4O4S. The van der Waals surface area contributed by atoms with E-state index in [1.165, 1.54) is 0 Å². The van der Waals surface area contributed by atoms with Crippen LogP contribution in [-0.4, -0.2) is 69.9 Å². The van der Waals surface area contributed by atoms with Gasteiger partial charge in [-0.2, -0.15) is 0 Å². The molecule has 9 heteroatoms. The van der Waals surface area contributed by atoms with Crippen LogP contribution >= 0.6 is 0 Å². The van der Waals surface area contributed by atoms with Gasteiger partial charge in [-0.05, 0) is 45.2 Å². The van der Waals surface area contributed by atoms with Gasteiger partial charge in [-0.3, -0.25) is 0 Å². The average Bonchev–Trinajstić information content (AvgIpc) is 2.72. The number of piperidine rings is 1. The van der Waals surface area contributed by atoms with Crippen LogP contribution in [0.5, 0.6) is 11.5 Å². The van der Waals surface area contributed by atoms with Crippen molar-refractivity contribution in [1.82, 2.24) is 14.9 Å². The number of sulfonamides is 1. The van der Waals surface area contributed by atoms with E-state index in [4.69, 9.17) is 9.47 Å². The highest BCUT2D eigenvalue weighted by Gasteiger charge is 2.27. The first-order valence-electron chi connectivity index (χ1n) is 10.7. The summed E-state index contributed by atoms with van der Waals surface area (Å²) >= 11 is 0. The SMILES string of the molecule is CCCS(=O)(=O)N1CCC(NC(=NCC(C)Oc2cccc(OC)c2)NCC)CC1. The van der Waals surface area contributed by atoms with Crippen LogP contribution in [0.3, 0.4) is 0 Å². The van der Waals surface area contributed by atoms with Crippen molar-refractivity contribution in [2.45, 2.75) is 52.2 Å². The van der Waals surface area contributed by atoms with E-state index in [1.807, 2.05) is 45.0 Å². The second-order valence-corrected chi connectivity index (χ2v) is 9.55. The number of nitrogens with one attached hydrogen (secondary N) is 2. The Morgan fingerprint density at radius 2 is 1.97 bits per heavy atom. The molecule has 170 valence electrons. The summed E-state index contributed by atoms with van der Waals surface area (Å²) in [5.74, 6) is 2.45. The maximum absolute atomic E-state index is 12.2. The van der Waals surface area contributed by atoms with E-state index in [0.717, 1.165) is 36.8 Å². The third-order valence-electron chi connectivity index (χ3n) is 4.88. The van der Waals surface area contributed by atoms with E-state index in [2.05, 4.69) is 15.6 Å². The zero-order valence-electron chi connectivity index (χ0n) is 18.6. The predicted molar refractivity (Wildman–Crippen MR) is 121 cm³/mol. The second kappa shape index (κ2) is 12.0. The van der Waals surface area contributed by atoms with E-state index < -0.39 is 10.0 Å². The fourth-order valence-corrected chi connectivity index (χ4v) is 4.88. The molecule has 1 aromatic carbocycles. The smallest absolute Gasteiger partial charge is 0.214 e. The number of ether oxygens (including phenoxy) is 2. The number of rotatable bonds is 10. The molecule has 0 aromatic heterocycles.